The first kappa shape index (κ1) is 56.5. The maximum Gasteiger partial charge on any atom is 0.410 e. The summed E-state index contributed by atoms with van der Waals surface area (Å²) in [6.07, 6.45) is -10.2. The van der Waals surface area contributed by atoms with Crippen molar-refractivity contribution in [2.45, 2.75) is 82.2 Å². The Balaban J connectivity index is 0.841. The Morgan fingerprint density at radius 1 is 0.987 bits per heavy atom. The van der Waals surface area contributed by atoms with Crippen LogP contribution in [0, 0.1) is 11.7 Å². The van der Waals surface area contributed by atoms with Gasteiger partial charge in [0, 0.05) is 31.0 Å². The number of ether oxygens (including phenoxy) is 3. The molecule has 0 aliphatic carbocycles. The summed E-state index contributed by atoms with van der Waals surface area (Å²) in [5, 5.41) is 18.7. The number of imidazole rings is 1. The summed E-state index contributed by atoms with van der Waals surface area (Å²) < 4.78 is 87.8. The normalized spacial score (nSPS) is 26.8. The summed E-state index contributed by atoms with van der Waals surface area (Å²) in [5.74, 6) is -2.77. The molecule has 9 rings (SSSR count). The first-order chi connectivity index (χ1) is 37.1. The van der Waals surface area contributed by atoms with E-state index in [1.165, 1.54) is 18.0 Å². The van der Waals surface area contributed by atoms with Crippen LogP contribution in [0.3, 0.4) is 0 Å². The predicted octanol–water partition coefficient (Wildman–Crippen LogP) is 3.33. The number of hydrogen-bond acceptors (Lipinski definition) is 20. The van der Waals surface area contributed by atoms with Crippen LogP contribution in [0.5, 0.6) is 0 Å². The van der Waals surface area contributed by atoms with Gasteiger partial charge in [-0.05, 0) is 47.1 Å². The summed E-state index contributed by atoms with van der Waals surface area (Å²) in [4.78, 5) is 95.5. The van der Waals surface area contributed by atoms with Gasteiger partial charge in [-0.2, -0.15) is 0 Å². The zero-order valence-corrected chi connectivity index (χ0v) is 44.7. The van der Waals surface area contributed by atoms with Crippen molar-refractivity contribution in [3.05, 3.63) is 107 Å². The Morgan fingerprint density at radius 2 is 1.72 bits per heavy atom. The third-order valence-electron chi connectivity index (χ3n) is 12.6. The van der Waals surface area contributed by atoms with Gasteiger partial charge < -0.3 is 64.9 Å². The number of nitrogens with one attached hydrogen (secondary N) is 4. The number of halogens is 2. The van der Waals surface area contributed by atoms with Gasteiger partial charge >= 0.3 is 19.6 Å². The number of nitrogens with zero attached hydrogens (tertiary/aromatic N) is 7. The molecule has 0 spiro atoms. The van der Waals surface area contributed by atoms with Crippen LogP contribution in [0.25, 0.3) is 22.2 Å². The van der Waals surface area contributed by atoms with E-state index >= 15 is 8.78 Å². The number of hydrogen-bond donors (Lipinski definition) is 8. The molecule has 3 fully saturated rings. The van der Waals surface area contributed by atoms with Crippen LogP contribution in [0.2, 0.25) is 0 Å². The first-order valence-corrected chi connectivity index (χ1v) is 28.9. The number of carbonyl (C=O) groups is 4. The third kappa shape index (κ3) is 12.3. The average Bonchev–Trinajstić information content (AvgIpc) is 4.30. The van der Waals surface area contributed by atoms with E-state index in [2.05, 4.69) is 53.1 Å². The number of aliphatic hydroxyl groups is 1. The summed E-state index contributed by atoms with van der Waals surface area (Å²) in [6, 6.07) is 12.2. The summed E-state index contributed by atoms with van der Waals surface area (Å²) >= 11 is 9.33. The molecule has 27 nitrogen and oxygen atoms in total. The number of alkyl halides is 1. The molecule has 8 N–H and O–H groups in total. The molecule has 7 heterocycles. The van der Waals surface area contributed by atoms with Crippen molar-refractivity contribution in [3.63, 3.8) is 0 Å². The van der Waals surface area contributed by atoms with E-state index in [1.54, 1.807) is 56.3 Å². The number of nitrogens with two attached hydrogens (primary N) is 1. The Bertz CT molecular complexity index is 3410. The molecule has 4 amide bonds. The minimum atomic E-state index is -4.61. The fourth-order valence-electron chi connectivity index (χ4n) is 8.56. The molecule has 416 valence electrons. The molecule has 4 aromatic heterocycles. The van der Waals surface area contributed by atoms with E-state index in [4.69, 9.17) is 49.8 Å². The van der Waals surface area contributed by atoms with E-state index in [-0.39, 0.29) is 53.8 Å². The highest BCUT2D eigenvalue weighted by molar-refractivity contribution is 8.44. The van der Waals surface area contributed by atoms with Gasteiger partial charge in [-0.25, -0.2) is 38.1 Å². The zero-order chi connectivity index (χ0) is 55.8. The number of fused-ring (bicyclic) bond motifs is 5. The summed E-state index contributed by atoms with van der Waals surface area (Å²) in [7, 11) is 1.48. The van der Waals surface area contributed by atoms with Gasteiger partial charge in [0.15, 0.2) is 47.1 Å². The lowest BCUT2D eigenvalue weighted by Crippen LogP contribution is -2.46. The van der Waals surface area contributed by atoms with Gasteiger partial charge in [-0.15, -0.1) is 0 Å². The highest BCUT2D eigenvalue weighted by Crippen LogP contribution is 2.58. The molecule has 11 atom stereocenters. The molecule has 3 saturated heterocycles. The topological polar surface area (TPSA) is 350 Å². The monoisotopic (exact) mass is 1160 g/mol. The van der Waals surface area contributed by atoms with Gasteiger partial charge in [-0.3, -0.25) is 37.3 Å². The number of anilines is 2. The fourth-order valence-corrected chi connectivity index (χ4v) is 11.5. The molecule has 2 aromatic carbocycles. The highest BCUT2D eigenvalue weighted by atomic mass is 32.7. The number of aliphatic hydroxyl groups excluding tert-OH is 1. The third-order valence-corrected chi connectivity index (χ3v) is 15.8. The lowest BCUT2D eigenvalue weighted by Gasteiger charge is -2.27. The number of thiol groups is 1. The van der Waals surface area contributed by atoms with E-state index < -0.39 is 122 Å². The molecule has 33 heteroatoms. The molecule has 0 radical (unpaired) electrons. The summed E-state index contributed by atoms with van der Waals surface area (Å²) in [5.41, 5.74) is 6.30. The molecule has 78 heavy (non-hydrogen) atoms. The van der Waals surface area contributed by atoms with Crippen LogP contribution >= 0.6 is 25.8 Å². The first-order valence-electron chi connectivity index (χ1n) is 23.6. The van der Waals surface area contributed by atoms with E-state index in [0.717, 1.165) is 34.3 Å². The standard InChI is InChI=1S/C45H50F2N12O15P2S2/c1-21(2)32(48)42(64)49-12-29(60)55-24-10-8-22(9-11-24)15-68-45(65)57(3)13-23-6-4-5-7-25(23)40(62)56-37-33-39(52-18-50-37)59(20-54-33)43-31(47)35-28(72-43)17-70-76(67,78)74-36-34(61)27(16-69-75(66,77)73-35)71-44(36)58-14-26(46)30-38(58)51-19-53-41(30)63/h4-11,14,18-21,27-28,31-32,34-36,43-44,61H,12-13,15-17,48H2,1-3H3,(H,49,64)(H,55,60)(H,66,77)(H,67,78)(H,51,53,63)(H,50,52,56,62)/t27-,28-,31-,32+,34-,35-,36-,43-,44-,75?,76?/m1/s1. The Hall–Kier alpha value is -6.18. The molecular formula is C45H50F2N12O15P2S2. The van der Waals surface area contributed by atoms with Gasteiger partial charge in [0.1, 0.15) is 48.8 Å². The van der Waals surface area contributed by atoms with Crippen molar-refractivity contribution in [1.29, 1.82) is 0 Å². The Labute approximate surface area is 450 Å². The number of aromatic amines is 1. The molecular weight excluding hydrogens is 1110 g/mol. The van der Waals surface area contributed by atoms with Crippen molar-refractivity contribution in [1.82, 2.24) is 44.3 Å². The van der Waals surface area contributed by atoms with Gasteiger partial charge in [0.25, 0.3) is 11.5 Å². The van der Waals surface area contributed by atoms with Gasteiger partial charge in [0.05, 0.1) is 38.5 Å². The van der Waals surface area contributed by atoms with Gasteiger partial charge in [-0.1, -0.05) is 56.4 Å². The number of H-pyrrole nitrogens is 1. The summed E-state index contributed by atoms with van der Waals surface area (Å²) in [6.45, 7) is -7.47. The van der Waals surface area contributed by atoms with Crippen LogP contribution in [0.15, 0.2) is 78.5 Å². The largest absolute Gasteiger partial charge is 0.445 e. The maximum absolute atomic E-state index is 16.8. The second-order valence-electron chi connectivity index (χ2n) is 18.3. The Kier molecular flexibility index (Phi) is 16.9. The average molecular weight is 1160 g/mol. The number of aromatic nitrogens is 7. The number of amides is 4. The second kappa shape index (κ2) is 23.3. The molecule has 2 bridgehead atoms. The molecule has 3 aliphatic rings. The molecule has 6 aromatic rings. The van der Waals surface area contributed by atoms with Crippen molar-refractivity contribution in [2.75, 3.05) is 37.4 Å². The number of benzene rings is 2. The van der Waals surface area contributed by atoms with Crippen molar-refractivity contribution in [3.8, 4) is 0 Å². The van der Waals surface area contributed by atoms with Crippen LogP contribution < -0.4 is 27.2 Å². The van der Waals surface area contributed by atoms with Crippen molar-refractivity contribution < 1.29 is 74.8 Å². The number of rotatable bonds is 13. The van der Waals surface area contributed by atoms with E-state index in [9.17, 15) is 38.5 Å². The molecule has 0 saturated carbocycles. The van der Waals surface area contributed by atoms with Crippen LogP contribution in [-0.4, -0.2) is 142 Å². The minimum Gasteiger partial charge on any atom is -0.445 e. The highest BCUT2D eigenvalue weighted by Gasteiger charge is 2.53. The lowest BCUT2D eigenvalue weighted by atomic mass is 10.1. The smallest absolute Gasteiger partial charge is 0.410 e. The lowest BCUT2D eigenvalue weighted by molar-refractivity contribution is -0.125. The fraction of sp³-hybridized carbons (Fsp3) is 0.400. The van der Waals surface area contributed by atoms with E-state index in [0.29, 0.717) is 16.8 Å². The van der Waals surface area contributed by atoms with Gasteiger partial charge in [0.2, 0.25) is 11.8 Å². The minimum absolute atomic E-state index is 0.0204. The van der Waals surface area contributed by atoms with Crippen LogP contribution in [-0.2, 0) is 71.4 Å². The Morgan fingerprint density at radius 3 is 2.47 bits per heavy atom. The van der Waals surface area contributed by atoms with Crippen LogP contribution in [0.4, 0.5) is 25.1 Å². The molecule has 2 unspecified atom stereocenters. The molecule has 3 aliphatic heterocycles. The van der Waals surface area contributed by atoms with E-state index in [1.807, 2.05) is 0 Å². The van der Waals surface area contributed by atoms with Crippen molar-refractivity contribution >= 4 is 95.1 Å². The SMILES string of the molecule is CC(C)[C@H](N)C(=O)NCC(=O)Nc1ccc(COC(=O)N(C)Cc2ccccc2C(=O)Nc2ncnc3c2ncn3[C@@H]2O[C@@H]3COP(=O)(S)O[C@@H]4[C@H](O)[C@@H](COP(O)(=S)O[C@H]3[C@H]2F)O[C@H]4n2cc(F)c3c(=O)[nH]cnc32)cc1. The number of carbonyl (C=O) groups excluding carboxylic acids is 4. The zero-order valence-electron chi connectivity index (χ0n) is 41.2. The van der Waals surface area contributed by atoms with Crippen LogP contribution in [0.1, 0.15) is 47.8 Å². The van der Waals surface area contributed by atoms with Crippen molar-refractivity contribution in [2.24, 2.45) is 11.7 Å². The maximum atomic E-state index is 16.8. The second-order valence-corrected chi connectivity index (χ2v) is 24.0. The quantitative estimate of drug-likeness (QED) is 0.0607. The predicted molar refractivity (Wildman–Crippen MR) is 276 cm³/mol.